The van der Waals surface area contributed by atoms with Crippen molar-refractivity contribution in [3.05, 3.63) is 28.5 Å². The van der Waals surface area contributed by atoms with Gasteiger partial charge in [0.1, 0.15) is 11.1 Å². The molecule has 1 aromatic heterocycles. The highest BCUT2D eigenvalue weighted by Crippen LogP contribution is 2.18. The van der Waals surface area contributed by atoms with Crippen molar-refractivity contribution >= 4 is 21.8 Å². The number of carbonyl (C=O) groups excluding carboxylic acids is 1. The van der Waals surface area contributed by atoms with Crippen LogP contribution in [0.1, 0.15) is 17.3 Å². The van der Waals surface area contributed by atoms with Crippen LogP contribution in [0.2, 0.25) is 0 Å². The van der Waals surface area contributed by atoms with Crippen molar-refractivity contribution < 1.29 is 18.0 Å². The molecule has 0 aliphatic carbocycles. The molecule has 1 heterocycles. The van der Waals surface area contributed by atoms with Crippen molar-refractivity contribution in [1.29, 1.82) is 0 Å². The van der Waals surface area contributed by atoms with Crippen molar-refractivity contribution in [3.63, 3.8) is 0 Å². The van der Waals surface area contributed by atoms with E-state index in [9.17, 15) is 18.0 Å². The van der Waals surface area contributed by atoms with Crippen molar-refractivity contribution in [2.24, 2.45) is 0 Å². The van der Waals surface area contributed by atoms with E-state index in [1.54, 1.807) is 0 Å². The zero-order valence-electron chi connectivity index (χ0n) is 8.96. The van der Waals surface area contributed by atoms with Crippen LogP contribution in [-0.4, -0.2) is 35.1 Å². The lowest BCUT2D eigenvalue weighted by molar-refractivity contribution is -0.140. The largest absolute Gasteiger partial charge is 0.406 e. The second kappa shape index (κ2) is 5.48. The molecule has 94 valence electrons. The van der Waals surface area contributed by atoms with Gasteiger partial charge in [0.2, 0.25) is 0 Å². The number of hydrogen-bond acceptors (Lipinski definition) is 2. The van der Waals surface area contributed by atoms with Crippen LogP contribution >= 0.6 is 15.9 Å². The molecular weight excluding hydrogens is 301 g/mol. The Kier molecular flexibility index (Phi) is 4.50. The summed E-state index contributed by atoms with van der Waals surface area (Å²) in [5.41, 5.74) is 0.179. The lowest BCUT2D eigenvalue weighted by Crippen LogP contribution is -2.38. The fourth-order valence-corrected chi connectivity index (χ4v) is 1.63. The molecule has 0 aliphatic heterocycles. The molecule has 1 amide bonds. The van der Waals surface area contributed by atoms with Gasteiger partial charge in [-0.25, -0.2) is 4.98 Å². The van der Waals surface area contributed by atoms with Gasteiger partial charge in [0.15, 0.2) is 0 Å². The highest BCUT2D eigenvalue weighted by atomic mass is 79.9. The smallest absolute Gasteiger partial charge is 0.330 e. The molecule has 1 aromatic rings. The minimum atomic E-state index is -4.39. The first-order valence-electron chi connectivity index (χ1n) is 4.81. The second-order valence-electron chi connectivity index (χ2n) is 3.30. The van der Waals surface area contributed by atoms with Crippen molar-refractivity contribution in [2.75, 3.05) is 13.1 Å². The fourth-order valence-electron chi connectivity index (χ4n) is 1.26. The van der Waals surface area contributed by atoms with E-state index in [1.165, 1.54) is 25.3 Å². The molecule has 3 nitrogen and oxygen atoms in total. The predicted molar refractivity (Wildman–Crippen MR) is 59.6 cm³/mol. The summed E-state index contributed by atoms with van der Waals surface area (Å²) >= 11 is 3.06. The van der Waals surface area contributed by atoms with Crippen molar-refractivity contribution in [1.82, 2.24) is 9.88 Å². The summed E-state index contributed by atoms with van der Waals surface area (Å²) < 4.78 is 37.1. The Morgan fingerprint density at radius 3 is 2.65 bits per heavy atom. The summed E-state index contributed by atoms with van der Waals surface area (Å²) in [7, 11) is 0. The average Bonchev–Trinajstić information content (AvgIpc) is 2.23. The quantitative estimate of drug-likeness (QED) is 0.804. The molecule has 0 saturated carbocycles. The third-order valence-electron chi connectivity index (χ3n) is 2.01. The van der Waals surface area contributed by atoms with Crippen LogP contribution in [0.15, 0.2) is 22.9 Å². The Balaban J connectivity index is 2.87. The van der Waals surface area contributed by atoms with E-state index in [1.807, 2.05) is 0 Å². The lowest BCUT2D eigenvalue weighted by atomic mass is 10.2. The van der Waals surface area contributed by atoms with E-state index in [2.05, 4.69) is 20.9 Å². The van der Waals surface area contributed by atoms with E-state index in [0.717, 1.165) is 4.90 Å². The fraction of sp³-hybridized carbons (Fsp3) is 0.400. The van der Waals surface area contributed by atoms with Gasteiger partial charge in [-0.1, -0.05) is 0 Å². The molecule has 1 rings (SSSR count). The maximum atomic E-state index is 12.2. The molecular formula is C10H10BrF3N2O. The first-order valence-corrected chi connectivity index (χ1v) is 5.60. The molecule has 0 aromatic carbocycles. The van der Waals surface area contributed by atoms with Gasteiger partial charge < -0.3 is 4.90 Å². The van der Waals surface area contributed by atoms with E-state index < -0.39 is 18.6 Å². The maximum Gasteiger partial charge on any atom is 0.406 e. The summed E-state index contributed by atoms with van der Waals surface area (Å²) in [5, 5.41) is 0. The number of halogens is 4. The minimum absolute atomic E-state index is 0.00170. The number of aromatic nitrogens is 1. The molecule has 17 heavy (non-hydrogen) atoms. The molecule has 0 bridgehead atoms. The van der Waals surface area contributed by atoms with Gasteiger partial charge in [-0.05, 0) is 35.0 Å². The summed E-state index contributed by atoms with van der Waals surface area (Å²) in [6, 6.07) is 2.77. The first kappa shape index (κ1) is 14.0. The highest BCUT2D eigenvalue weighted by molar-refractivity contribution is 9.10. The number of alkyl halides is 3. The number of pyridine rings is 1. The third-order valence-corrected chi connectivity index (χ3v) is 2.45. The van der Waals surface area contributed by atoms with Gasteiger partial charge in [-0.2, -0.15) is 13.2 Å². The van der Waals surface area contributed by atoms with Gasteiger partial charge in [0.05, 0.1) is 0 Å². The van der Waals surface area contributed by atoms with E-state index in [0.29, 0.717) is 4.60 Å². The van der Waals surface area contributed by atoms with Crippen LogP contribution in [-0.2, 0) is 0 Å². The van der Waals surface area contributed by atoms with Crippen LogP contribution in [0.25, 0.3) is 0 Å². The summed E-state index contributed by atoms with van der Waals surface area (Å²) in [6.45, 7) is 0.250. The number of rotatable bonds is 3. The SMILES string of the molecule is CCN(CC(F)(F)F)C(=O)c1ccnc(Br)c1. The highest BCUT2D eigenvalue weighted by Gasteiger charge is 2.32. The van der Waals surface area contributed by atoms with Gasteiger partial charge >= 0.3 is 6.18 Å². The molecule has 0 radical (unpaired) electrons. The average molecular weight is 311 g/mol. The van der Waals surface area contributed by atoms with Crippen molar-refractivity contribution in [3.8, 4) is 0 Å². The zero-order valence-corrected chi connectivity index (χ0v) is 10.5. The standard InChI is InChI=1S/C10H10BrF3N2O/c1-2-16(6-10(12,13)14)9(17)7-3-4-15-8(11)5-7/h3-5H,2,6H2,1H3. The summed E-state index contributed by atoms with van der Waals surface area (Å²) in [5.74, 6) is -0.659. The number of carbonyl (C=O) groups is 1. The van der Waals surface area contributed by atoms with E-state index in [-0.39, 0.29) is 12.1 Å². The Labute approximate surface area is 105 Å². The summed E-state index contributed by atoms with van der Waals surface area (Å²) in [6.07, 6.45) is -3.03. The first-order chi connectivity index (χ1) is 7.83. The number of amides is 1. The number of hydrogen-bond donors (Lipinski definition) is 0. The lowest BCUT2D eigenvalue weighted by Gasteiger charge is -2.22. The van der Waals surface area contributed by atoms with Crippen LogP contribution < -0.4 is 0 Å². The van der Waals surface area contributed by atoms with Crippen molar-refractivity contribution in [2.45, 2.75) is 13.1 Å². The Morgan fingerprint density at radius 1 is 1.53 bits per heavy atom. The van der Waals surface area contributed by atoms with Crippen LogP contribution in [0, 0.1) is 0 Å². The number of nitrogens with zero attached hydrogens (tertiary/aromatic N) is 2. The Bertz CT molecular complexity index is 409. The summed E-state index contributed by atoms with van der Waals surface area (Å²) in [4.78, 5) is 16.3. The van der Waals surface area contributed by atoms with Gasteiger partial charge in [0, 0.05) is 18.3 Å². The Morgan fingerprint density at radius 2 is 2.18 bits per heavy atom. The van der Waals surface area contributed by atoms with Crippen LogP contribution in [0.5, 0.6) is 0 Å². The molecule has 0 N–H and O–H groups in total. The third kappa shape index (κ3) is 4.33. The zero-order chi connectivity index (χ0) is 13.1. The molecule has 0 atom stereocenters. The monoisotopic (exact) mass is 310 g/mol. The normalized spacial score (nSPS) is 11.4. The molecule has 0 spiro atoms. The van der Waals surface area contributed by atoms with Gasteiger partial charge in [-0.3, -0.25) is 4.79 Å². The van der Waals surface area contributed by atoms with Gasteiger partial charge in [-0.15, -0.1) is 0 Å². The molecule has 0 fully saturated rings. The van der Waals surface area contributed by atoms with Crippen LogP contribution in [0.4, 0.5) is 13.2 Å². The Hall–Kier alpha value is -1.11. The van der Waals surface area contributed by atoms with Gasteiger partial charge in [0.25, 0.3) is 5.91 Å². The molecule has 0 aliphatic rings. The molecule has 0 unspecified atom stereocenters. The molecule has 0 saturated heterocycles. The van der Waals surface area contributed by atoms with E-state index >= 15 is 0 Å². The topological polar surface area (TPSA) is 33.2 Å². The molecule has 7 heteroatoms. The maximum absolute atomic E-state index is 12.2. The van der Waals surface area contributed by atoms with Crippen LogP contribution in [0.3, 0.4) is 0 Å². The predicted octanol–water partition coefficient (Wildman–Crippen LogP) is 2.87. The van der Waals surface area contributed by atoms with E-state index in [4.69, 9.17) is 0 Å². The minimum Gasteiger partial charge on any atom is -0.330 e. The second-order valence-corrected chi connectivity index (χ2v) is 4.11.